The number of carbonyl (C=O) groups is 2. The van der Waals surface area contributed by atoms with E-state index in [0.29, 0.717) is 19.4 Å². The van der Waals surface area contributed by atoms with Gasteiger partial charge in [-0.3, -0.25) is 9.80 Å². The molecule has 5 rings (SSSR count). The minimum atomic E-state index is -1.02. The first-order valence-corrected chi connectivity index (χ1v) is 16.6. The van der Waals surface area contributed by atoms with E-state index in [1.54, 1.807) is 19.1 Å². The fourth-order valence-corrected chi connectivity index (χ4v) is 7.48. The standard InChI is InChI=1S/C21H31NO5.C14H25NO5/c1-20(2,3)27-19(23)22-16-11-12-17(22)18(21(13-16,24-4)25-5)26-14-15-9-7-6-8-10-15;1-13(2,3)20-12(17)15-9-6-7-10(15)11(16)14(8-9,18-4)19-5/h6-10,16-18H,11-14H2,1-5H3;9-11,16H,6-8H2,1-5H3/t16-,17+,18-;9-,10+,11-/m11/s1. The molecule has 4 aliphatic rings. The van der Waals surface area contributed by atoms with Crippen molar-refractivity contribution in [3.05, 3.63) is 35.9 Å². The van der Waals surface area contributed by atoms with Crippen molar-refractivity contribution >= 4 is 12.2 Å². The van der Waals surface area contributed by atoms with Gasteiger partial charge >= 0.3 is 12.2 Å². The number of hydrogen-bond acceptors (Lipinski definition) is 10. The van der Waals surface area contributed by atoms with Crippen molar-refractivity contribution < 1.29 is 47.9 Å². The summed E-state index contributed by atoms with van der Waals surface area (Å²) in [6.45, 7) is 11.6. The number of nitrogens with zero attached hydrogens (tertiary/aromatic N) is 2. The van der Waals surface area contributed by atoms with E-state index in [1.165, 1.54) is 14.2 Å². The zero-order valence-corrected chi connectivity index (χ0v) is 29.8. The van der Waals surface area contributed by atoms with Crippen molar-refractivity contribution in [1.82, 2.24) is 9.80 Å². The van der Waals surface area contributed by atoms with Crippen molar-refractivity contribution in [3.63, 3.8) is 0 Å². The summed E-state index contributed by atoms with van der Waals surface area (Å²) < 4.78 is 39.8. The number of aliphatic hydroxyl groups excluding tert-OH is 1. The van der Waals surface area contributed by atoms with Crippen LogP contribution in [0.1, 0.15) is 85.6 Å². The number of amides is 2. The Morgan fingerprint density at radius 3 is 1.64 bits per heavy atom. The molecule has 12 nitrogen and oxygen atoms in total. The highest BCUT2D eigenvalue weighted by atomic mass is 16.7. The molecule has 6 atom stereocenters. The van der Waals surface area contributed by atoms with E-state index in [4.69, 9.17) is 33.2 Å². The first-order chi connectivity index (χ1) is 22.0. The lowest BCUT2D eigenvalue weighted by molar-refractivity contribution is -0.301. The molecule has 4 fully saturated rings. The summed E-state index contributed by atoms with van der Waals surface area (Å²) in [7, 11) is 6.33. The molecule has 4 heterocycles. The Kier molecular flexibility index (Phi) is 11.6. The summed E-state index contributed by atoms with van der Waals surface area (Å²) >= 11 is 0. The van der Waals surface area contributed by atoms with E-state index in [2.05, 4.69) is 0 Å². The van der Waals surface area contributed by atoms with Crippen LogP contribution in [0.4, 0.5) is 9.59 Å². The third-order valence-electron chi connectivity index (χ3n) is 9.59. The number of hydrogen-bond donors (Lipinski definition) is 1. The topological polar surface area (TPSA) is 125 Å². The highest BCUT2D eigenvalue weighted by Crippen LogP contribution is 2.46. The van der Waals surface area contributed by atoms with Gasteiger partial charge < -0.3 is 38.3 Å². The Morgan fingerprint density at radius 1 is 0.723 bits per heavy atom. The minimum absolute atomic E-state index is 0.0156. The van der Waals surface area contributed by atoms with Gasteiger partial charge in [-0.05, 0) is 72.8 Å². The Morgan fingerprint density at radius 2 is 1.17 bits per heavy atom. The molecular weight excluding hydrogens is 608 g/mol. The van der Waals surface area contributed by atoms with E-state index in [1.807, 2.05) is 76.8 Å². The van der Waals surface area contributed by atoms with Gasteiger partial charge in [-0.25, -0.2) is 9.59 Å². The fraction of sp³-hybridized carbons (Fsp3) is 0.771. The van der Waals surface area contributed by atoms with E-state index < -0.39 is 28.9 Å². The lowest BCUT2D eigenvalue weighted by atomic mass is 9.92. The number of aliphatic hydroxyl groups is 1. The third kappa shape index (κ3) is 8.05. The first kappa shape index (κ1) is 37.3. The summed E-state index contributed by atoms with van der Waals surface area (Å²) in [4.78, 5) is 28.7. The molecule has 4 aliphatic heterocycles. The number of methoxy groups -OCH3 is 4. The molecule has 1 N–H and O–H groups in total. The maximum absolute atomic E-state index is 12.8. The third-order valence-corrected chi connectivity index (χ3v) is 9.59. The van der Waals surface area contributed by atoms with Crippen LogP contribution in [-0.2, 0) is 39.8 Å². The summed E-state index contributed by atoms with van der Waals surface area (Å²) in [5.41, 5.74) is -0.00510. The monoisotopic (exact) mass is 664 g/mol. The minimum Gasteiger partial charge on any atom is -0.444 e. The zero-order valence-electron chi connectivity index (χ0n) is 29.8. The van der Waals surface area contributed by atoms with Gasteiger partial charge in [0.05, 0.1) is 18.7 Å². The Balaban J connectivity index is 0.000000223. The summed E-state index contributed by atoms with van der Waals surface area (Å²) in [5.74, 6) is -1.89. The van der Waals surface area contributed by atoms with E-state index in [-0.39, 0.29) is 42.5 Å². The number of carbonyl (C=O) groups excluding carboxylic acids is 2. The van der Waals surface area contributed by atoms with Crippen LogP contribution >= 0.6 is 0 Å². The Bertz CT molecular complexity index is 1190. The van der Waals surface area contributed by atoms with E-state index >= 15 is 0 Å². The predicted octanol–water partition coefficient (Wildman–Crippen LogP) is 5.24. The first-order valence-electron chi connectivity index (χ1n) is 16.6. The molecule has 1 aromatic rings. The summed E-state index contributed by atoms with van der Waals surface area (Å²) in [6, 6.07) is 9.55. The van der Waals surface area contributed by atoms with Gasteiger partial charge in [0.15, 0.2) is 11.6 Å². The van der Waals surface area contributed by atoms with Crippen LogP contribution in [0.15, 0.2) is 30.3 Å². The van der Waals surface area contributed by atoms with Gasteiger partial charge in [0, 0.05) is 53.4 Å². The van der Waals surface area contributed by atoms with Crippen LogP contribution < -0.4 is 0 Å². The van der Waals surface area contributed by atoms with Crippen molar-refractivity contribution in [2.45, 2.75) is 146 Å². The SMILES string of the molecule is COC1(OC)C[C@H]2CC[C@@H]([C@H]1O)N2C(=O)OC(C)(C)C.COC1(OC)C[C@H]2CC[C@@H]([C@H]1OCc1ccccc1)N2C(=O)OC(C)(C)C. The van der Waals surface area contributed by atoms with Crippen LogP contribution in [0, 0.1) is 0 Å². The van der Waals surface area contributed by atoms with Crippen LogP contribution in [-0.4, -0.2) is 115 Å². The lowest BCUT2D eigenvalue weighted by Gasteiger charge is -2.49. The zero-order chi connectivity index (χ0) is 34.8. The number of fused-ring (bicyclic) bond motifs is 4. The molecular formula is C35H56N2O10. The summed E-state index contributed by atoms with van der Waals surface area (Å²) in [5, 5.41) is 10.5. The average Bonchev–Trinajstić information content (AvgIpc) is 3.54. The Hall–Kier alpha value is -2.48. The number of piperidine rings is 2. The molecule has 47 heavy (non-hydrogen) atoms. The van der Waals surface area contributed by atoms with E-state index in [0.717, 1.165) is 31.2 Å². The quantitative estimate of drug-likeness (QED) is 0.387. The van der Waals surface area contributed by atoms with Crippen LogP contribution in [0.25, 0.3) is 0 Å². The second-order valence-electron chi connectivity index (χ2n) is 14.9. The smallest absolute Gasteiger partial charge is 0.410 e. The van der Waals surface area contributed by atoms with Crippen molar-refractivity contribution in [1.29, 1.82) is 0 Å². The number of ether oxygens (including phenoxy) is 7. The van der Waals surface area contributed by atoms with Crippen molar-refractivity contribution in [2.75, 3.05) is 28.4 Å². The summed E-state index contributed by atoms with van der Waals surface area (Å²) in [6.07, 6.45) is 2.40. The van der Waals surface area contributed by atoms with Gasteiger partial charge in [0.1, 0.15) is 23.4 Å². The molecule has 2 amide bonds. The molecule has 1 aromatic carbocycles. The molecule has 4 saturated heterocycles. The van der Waals surface area contributed by atoms with Gasteiger partial charge in [-0.2, -0.15) is 0 Å². The maximum atomic E-state index is 12.8. The highest BCUT2D eigenvalue weighted by molar-refractivity contribution is 5.70. The molecule has 0 spiro atoms. The van der Waals surface area contributed by atoms with Crippen LogP contribution in [0.5, 0.6) is 0 Å². The van der Waals surface area contributed by atoms with Gasteiger partial charge in [0.25, 0.3) is 0 Å². The molecule has 4 bridgehead atoms. The second-order valence-corrected chi connectivity index (χ2v) is 14.9. The molecule has 266 valence electrons. The maximum Gasteiger partial charge on any atom is 0.410 e. The van der Waals surface area contributed by atoms with Gasteiger partial charge in [0.2, 0.25) is 0 Å². The van der Waals surface area contributed by atoms with Crippen LogP contribution in [0.3, 0.4) is 0 Å². The number of rotatable bonds is 7. The lowest BCUT2D eigenvalue weighted by Crippen LogP contribution is -2.65. The van der Waals surface area contributed by atoms with E-state index in [9.17, 15) is 14.7 Å². The normalized spacial score (nSPS) is 29.2. The molecule has 0 unspecified atom stereocenters. The molecule has 0 radical (unpaired) electrons. The van der Waals surface area contributed by atoms with Gasteiger partial charge in [-0.15, -0.1) is 0 Å². The Labute approximate surface area is 279 Å². The molecule has 12 heteroatoms. The molecule has 0 aliphatic carbocycles. The van der Waals surface area contributed by atoms with Crippen molar-refractivity contribution in [2.24, 2.45) is 0 Å². The van der Waals surface area contributed by atoms with Gasteiger partial charge in [-0.1, -0.05) is 30.3 Å². The number of benzene rings is 1. The molecule has 0 saturated carbocycles. The largest absolute Gasteiger partial charge is 0.444 e. The predicted molar refractivity (Wildman–Crippen MR) is 174 cm³/mol. The van der Waals surface area contributed by atoms with Crippen molar-refractivity contribution in [3.8, 4) is 0 Å². The average molecular weight is 665 g/mol. The van der Waals surface area contributed by atoms with Crippen LogP contribution in [0.2, 0.25) is 0 Å². The fourth-order valence-electron chi connectivity index (χ4n) is 7.48. The molecule has 0 aromatic heterocycles. The second kappa shape index (κ2) is 14.6. The highest BCUT2D eigenvalue weighted by Gasteiger charge is 2.60.